The Morgan fingerprint density at radius 3 is 2.05 bits per heavy atom. The second-order valence-electron chi connectivity index (χ2n) is 8.74. The molecule has 1 saturated carbocycles. The molecule has 122 valence electrons. The summed E-state index contributed by atoms with van der Waals surface area (Å²) >= 11 is 0. The average Bonchev–Trinajstić information content (AvgIpc) is 2.34. The van der Waals surface area contributed by atoms with E-state index in [4.69, 9.17) is 0 Å². The summed E-state index contributed by atoms with van der Waals surface area (Å²) in [6.45, 7) is 12.6. The maximum atomic E-state index is 12.2. The van der Waals surface area contributed by atoms with E-state index in [2.05, 4.69) is 5.32 Å². The van der Waals surface area contributed by atoms with Crippen molar-refractivity contribution in [2.45, 2.75) is 73.6 Å². The molecule has 0 aromatic rings. The van der Waals surface area contributed by atoms with Gasteiger partial charge in [0, 0.05) is 23.8 Å². The van der Waals surface area contributed by atoms with Crippen molar-refractivity contribution in [1.29, 1.82) is 0 Å². The van der Waals surface area contributed by atoms with E-state index in [1.807, 2.05) is 41.5 Å². The summed E-state index contributed by atoms with van der Waals surface area (Å²) in [5.41, 5.74) is -0.552. The Hall–Kier alpha value is -0.860. The highest BCUT2D eigenvalue weighted by molar-refractivity contribution is 5.83. The number of amides is 1. The van der Waals surface area contributed by atoms with Crippen LogP contribution in [-0.2, 0) is 9.59 Å². The van der Waals surface area contributed by atoms with Crippen LogP contribution in [0.5, 0.6) is 0 Å². The minimum Gasteiger partial charge on any atom is -0.355 e. The third kappa shape index (κ3) is 6.19. The van der Waals surface area contributed by atoms with Crippen LogP contribution in [0.2, 0.25) is 0 Å². The van der Waals surface area contributed by atoms with Gasteiger partial charge in [0.25, 0.3) is 0 Å². The summed E-state index contributed by atoms with van der Waals surface area (Å²) in [4.78, 5) is 24.1. The molecule has 0 aliphatic heterocycles. The maximum absolute atomic E-state index is 12.2. The number of hydrogen-bond acceptors (Lipinski definition) is 2. The van der Waals surface area contributed by atoms with Crippen molar-refractivity contribution in [3.63, 3.8) is 0 Å². The second-order valence-corrected chi connectivity index (χ2v) is 8.74. The predicted octanol–water partition coefficient (Wildman–Crippen LogP) is 3.96. The Labute approximate surface area is 130 Å². The Kier molecular flexibility index (Phi) is 6.01. The molecule has 1 N–H and O–H groups in total. The Morgan fingerprint density at radius 1 is 0.952 bits per heavy atom. The average molecular weight is 295 g/mol. The highest BCUT2D eigenvalue weighted by atomic mass is 16.2. The van der Waals surface area contributed by atoms with Crippen LogP contribution in [0.1, 0.15) is 73.6 Å². The molecule has 0 bridgehead atoms. The van der Waals surface area contributed by atoms with Crippen LogP contribution in [0.25, 0.3) is 0 Å². The first-order chi connectivity index (χ1) is 9.50. The van der Waals surface area contributed by atoms with Crippen molar-refractivity contribution < 1.29 is 9.59 Å². The van der Waals surface area contributed by atoms with Gasteiger partial charge >= 0.3 is 0 Å². The highest BCUT2D eigenvalue weighted by Gasteiger charge is 2.29. The zero-order valence-electron chi connectivity index (χ0n) is 14.7. The van der Waals surface area contributed by atoms with E-state index >= 15 is 0 Å². The van der Waals surface area contributed by atoms with E-state index in [-0.39, 0.29) is 16.7 Å². The first-order valence-electron chi connectivity index (χ1n) is 8.31. The molecule has 0 spiro atoms. The fourth-order valence-corrected chi connectivity index (χ4v) is 2.84. The van der Waals surface area contributed by atoms with Gasteiger partial charge in [-0.2, -0.15) is 0 Å². The van der Waals surface area contributed by atoms with Crippen molar-refractivity contribution in [3.05, 3.63) is 0 Å². The molecule has 1 amide bonds. The second kappa shape index (κ2) is 6.93. The quantitative estimate of drug-likeness (QED) is 0.853. The third-order valence-electron chi connectivity index (χ3n) is 4.43. The van der Waals surface area contributed by atoms with Gasteiger partial charge in [-0.15, -0.1) is 0 Å². The molecule has 2 atom stereocenters. The topological polar surface area (TPSA) is 46.2 Å². The molecule has 0 aromatic heterocycles. The highest BCUT2D eigenvalue weighted by Crippen LogP contribution is 2.33. The number of hydrogen-bond donors (Lipinski definition) is 1. The molecule has 1 aliphatic rings. The minimum atomic E-state index is -0.323. The van der Waals surface area contributed by atoms with Crippen LogP contribution in [0.3, 0.4) is 0 Å². The zero-order chi connectivity index (χ0) is 16.3. The minimum absolute atomic E-state index is 0.121. The molecule has 1 aliphatic carbocycles. The third-order valence-corrected chi connectivity index (χ3v) is 4.43. The van der Waals surface area contributed by atoms with E-state index < -0.39 is 0 Å². The molecule has 0 radical (unpaired) electrons. The smallest absolute Gasteiger partial charge is 0.225 e. The molecule has 2 unspecified atom stereocenters. The molecule has 1 fully saturated rings. The first-order valence-corrected chi connectivity index (χ1v) is 8.31. The van der Waals surface area contributed by atoms with E-state index in [1.165, 1.54) is 12.8 Å². The first kappa shape index (κ1) is 18.2. The largest absolute Gasteiger partial charge is 0.355 e. The van der Waals surface area contributed by atoms with E-state index in [0.717, 1.165) is 19.4 Å². The van der Waals surface area contributed by atoms with Crippen molar-refractivity contribution in [2.75, 3.05) is 6.54 Å². The van der Waals surface area contributed by atoms with Gasteiger partial charge in [0.15, 0.2) is 0 Å². The standard InChI is InChI=1S/C18H33NO2/c1-17(2,3)15(20)11-13-8-7-9-14(10-13)12-19-16(21)18(4,5)6/h13-14H,7-12H2,1-6H3,(H,19,21). The molecular formula is C18H33NO2. The van der Waals surface area contributed by atoms with Crippen LogP contribution in [0, 0.1) is 22.7 Å². The van der Waals surface area contributed by atoms with Gasteiger partial charge < -0.3 is 5.32 Å². The number of nitrogens with one attached hydrogen (secondary N) is 1. The fraction of sp³-hybridized carbons (Fsp3) is 0.889. The van der Waals surface area contributed by atoms with Crippen LogP contribution < -0.4 is 5.32 Å². The van der Waals surface area contributed by atoms with Gasteiger partial charge in [0.2, 0.25) is 5.91 Å². The summed E-state index contributed by atoms with van der Waals surface area (Å²) in [6.07, 6.45) is 5.29. The Balaban J connectivity index is 2.43. The Bertz CT molecular complexity index is 374. The van der Waals surface area contributed by atoms with Gasteiger partial charge in [-0.1, -0.05) is 54.4 Å². The molecule has 21 heavy (non-hydrogen) atoms. The van der Waals surface area contributed by atoms with Crippen LogP contribution in [0.4, 0.5) is 0 Å². The van der Waals surface area contributed by atoms with Crippen LogP contribution >= 0.6 is 0 Å². The number of carbonyl (C=O) groups excluding carboxylic acids is 2. The molecule has 0 saturated heterocycles. The van der Waals surface area contributed by atoms with E-state index in [0.29, 0.717) is 24.0 Å². The Morgan fingerprint density at radius 2 is 1.52 bits per heavy atom. The normalized spacial score (nSPS) is 23.7. The van der Waals surface area contributed by atoms with Gasteiger partial charge in [-0.3, -0.25) is 9.59 Å². The van der Waals surface area contributed by atoms with Crippen molar-refractivity contribution in [3.8, 4) is 0 Å². The predicted molar refractivity (Wildman–Crippen MR) is 87.0 cm³/mol. The lowest BCUT2D eigenvalue weighted by Gasteiger charge is -2.31. The van der Waals surface area contributed by atoms with Gasteiger partial charge in [0.1, 0.15) is 5.78 Å². The van der Waals surface area contributed by atoms with Crippen molar-refractivity contribution >= 4 is 11.7 Å². The zero-order valence-corrected chi connectivity index (χ0v) is 14.7. The monoisotopic (exact) mass is 295 g/mol. The lowest BCUT2D eigenvalue weighted by molar-refractivity contribution is -0.129. The van der Waals surface area contributed by atoms with Gasteiger partial charge in [-0.05, 0) is 24.7 Å². The summed E-state index contributed by atoms with van der Waals surface area (Å²) in [5.74, 6) is 1.52. The lowest BCUT2D eigenvalue weighted by Crippen LogP contribution is -2.39. The molecule has 3 nitrogen and oxygen atoms in total. The molecular weight excluding hydrogens is 262 g/mol. The summed E-state index contributed by atoms with van der Waals surface area (Å²) in [7, 11) is 0. The lowest BCUT2D eigenvalue weighted by atomic mass is 9.76. The van der Waals surface area contributed by atoms with Crippen LogP contribution in [-0.4, -0.2) is 18.2 Å². The summed E-state index contributed by atoms with van der Waals surface area (Å²) < 4.78 is 0. The number of Topliss-reactive ketones (excluding diaryl/α,β-unsaturated/α-hetero) is 1. The van der Waals surface area contributed by atoms with Crippen molar-refractivity contribution in [2.24, 2.45) is 22.7 Å². The van der Waals surface area contributed by atoms with Crippen LogP contribution in [0.15, 0.2) is 0 Å². The fourth-order valence-electron chi connectivity index (χ4n) is 2.84. The molecule has 0 aromatic carbocycles. The van der Waals surface area contributed by atoms with Gasteiger partial charge in [-0.25, -0.2) is 0 Å². The maximum Gasteiger partial charge on any atom is 0.225 e. The SMILES string of the molecule is CC(C)(C)C(=O)CC1CCCC(CNC(=O)C(C)(C)C)C1. The van der Waals surface area contributed by atoms with E-state index in [9.17, 15) is 9.59 Å². The van der Waals surface area contributed by atoms with Crippen molar-refractivity contribution in [1.82, 2.24) is 5.32 Å². The number of carbonyl (C=O) groups is 2. The van der Waals surface area contributed by atoms with Gasteiger partial charge in [0.05, 0.1) is 0 Å². The molecule has 0 heterocycles. The molecule has 1 rings (SSSR count). The number of rotatable bonds is 4. The molecule has 3 heteroatoms. The summed E-state index contributed by atoms with van der Waals surface area (Å²) in [6, 6.07) is 0. The number of ketones is 1. The summed E-state index contributed by atoms with van der Waals surface area (Å²) in [5, 5.41) is 3.07. The van der Waals surface area contributed by atoms with E-state index in [1.54, 1.807) is 0 Å².